The van der Waals surface area contributed by atoms with Gasteiger partial charge in [-0.2, -0.15) is 0 Å². The second kappa shape index (κ2) is 11.6. The highest BCUT2D eigenvalue weighted by molar-refractivity contribution is 5.80. The minimum absolute atomic E-state index is 0.0940. The van der Waals surface area contributed by atoms with Crippen LogP contribution in [0.3, 0.4) is 0 Å². The number of hydrogen-bond donors (Lipinski definition) is 2. The Balaban J connectivity index is 1.63. The lowest BCUT2D eigenvalue weighted by Crippen LogP contribution is -2.54. The van der Waals surface area contributed by atoms with Gasteiger partial charge < -0.3 is 20.3 Å². The monoisotopic (exact) mass is 375 g/mol. The first-order chi connectivity index (χ1) is 13.1. The molecular weight excluding hydrogens is 342 g/mol. The van der Waals surface area contributed by atoms with E-state index >= 15 is 0 Å². The summed E-state index contributed by atoms with van der Waals surface area (Å²) in [7, 11) is 1.80. The van der Waals surface area contributed by atoms with Crippen molar-refractivity contribution in [2.24, 2.45) is 4.99 Å². The summed E-state index contributed by atoms with van der Waals surface area (Å²) in [6.07, 6.45) is 0. The number of guanidine groups is 1. The van der Waals surface area contributed by atoms with Crippen molar-refractivity contribution in [1.29, 1.82) is 0 Å². The number of ether oxygens (including phenoxy) is 1. The van der Waals surface area contributed by atoms with Gasteiger partial charge in [0.15, 0.2) is 5.96 Å². The molecule has 1 saturated heterocycles. The van der Waals surface area contributed by atoms with Crippen LogP contribution < -0.4 is 10.6 Å². The van der Waals surface area contributed by atoms with Gasteiger partial charge in [0.2, 0.25) is 5.91 Å². The molecule has 1 aliphatic rings. The van der Waals surface area contributed by atoms with Crippen molar-refractivity contribution in [3.05, 3.63) is 35.9 Å². The summed E-state index contributed by atoms with van der Waals surface area (Å²) in [5, 5.41) is 6.30. The number of carbonyl (C=O) groups excluding carboxylic acids is 1. The van der Waals surface area contributed by atoms with Crippen molar-refractivity contribution >= 4 is 11.9 Å². The fourth-order valence-electron chi connectivity index (χ4n) is 3.02. The van der Waals surface area contributed by atoms with Gasteiger partial charge in [-0.25, -0.2) is 0 Å². The van der Waals surface area contributed by atoms with Gasteiger partial charge in [0, 0.05) is 45.8 Å². The fraction of sp³-hybridized carbons (Fsp3) is 0.600. The van der Waals surface area contributed by atoms with Crippen molar-refractivity contribution in [3.8, 4) is 0 Å². The first-order valence-electron chi connectivity index (χ1n) is 9.67. The Morgan fingerprint density at radius 3 is 2.52 bits per heavy atom. The molecule has 0 bridgehead atoms. The molecule has 27 heavy (non-hydrogen) atoms. The zero-order valence-corrected chi connectivity index (χ0v) is 16.8. The minimum Gasteiger partial charge on any atom is -0.375 e. The summed E-state index contributed by atoms with van der Waals surface area (Å²) in [6, 6.07) is 10.4. The van der Waals surface area contributed by atoms with Crippen LogP contribution in [-0.4, -0.2) is 80.6 Å². The van der Waals surface area contributed by atoms with Crippen LogP contribution in [0, 0.1) is 0 Å². The molecule has 0 atom stereocenters. The van der Waals surface area contributed by atoms with Gasteiger partial charge in [0.25, 0.3) is 0 Å². The molecule has 0 aliphatic carbocycles. The summed E-state index contributed by atoms with van der Waals surface area (Å²) in [5.41, 5.74) is 1.18. The van der Waals surface area contributed by atoms with Gasteiger partial charge in [-0.3, -0.25) is 14.7 Å². The normalized spacial score (nSPS) is 15.9. The molecule has 7 heteroatoms. The Hall–Kier alpha value is -2.12. The van der Waals surface area contributed by atoms with Crippen molar-refractivity contribution < 1.29 is 9.53 Å². The third kappa shape index (κ3) is 7.97. The Morgan fingerprint density at radius 1 is 1.19 bits per heavy atom. The van der Waals surface area contributed by atoms with Crippen LogP contribution in [0.2, 0.25) is 0 Å². The van der Waals surface area contributed by atoms with E-state index in [1.807, 2.05) is 32.0 Å². The molecule has 150 valence electrons. The molecule has 0 saturated carbocycles. The predicted octanol–water partition coefficient (Wildman–Crippen LogP) is 0.921. The summed E-state index contributed by atoms with van der Waals surface area (Å²) in [4.78, 5) is 20.7. The molecule has 2 rings (SSSR count). The number of aliphatic imine (C=N–C) groups is 1. The lowest BCUT2D eigenvalue weighted by Gasteiger charge is -2.36. The SMILES string of the molecule is CN=C(NCCOCc1ccccc1)N1CCN(CC(=O)NC(C)C)CC1. The van der Waals surface area contributed by atoms with Crippen LogP contribution in [0.4, 0.5) is 0 Å². The highest BCUT2D eigenvalue weighted by atomic mass is 16.5. The van der Waals surface area contributed by atoms with Crippen LogP contribution in [0.5, 0.6) is 0 Å². The molecule has 1 aromatic carbocycles. The van der Waals surface area contributed by atoms with Crippen LogP contribution in [0.25, 0.3) is 0 Å². The number of carbonyl (C=O) groups is 1. The summed E-state index contributed by atoms with van der Waals surface area (Å²) in [6.45, 7) is 9.83. The van der Waals surface area contributed by atoms with Crippen molar-refractivity contribution in [2.75, 3.05) is 52.9 Å². The smallest absolute Gasteiger partial charge is 0.234 e. The van der Waals surface area contributed by atoms with Gasteiger partial charge in [-0.05, 0) is 19.4 Å². The van der Waals surface area contributed by atoms with E-state index in [-0.39, 0.29) is 11.9 Å². The summed E-state index contributed by atoms with van der Waals surface area (Å²) < 4.78 is 5.71. The largest absolute Gasteiger partial charge is 0.375 e. The molecule has 0 radical (unpaired) electrons. The Labute approximate surface area is 162 Å². The number of piperazine rings is 1. The van der Waals surface area contributed by atoms with Crippen LogP contribution in [-0.2, 0) is 16.1 Å². The summed E-state index contributed by atoms with van der Waals surface area (Å²) in [5.74, 6) is 0.987. The van der Waals surface area contributed by atoms with E-state index in [1.165, 1.54) is 5.56 Å². The Bertz CT molecular complexity index is 583. The van der Waals surface area contributed by atoms with Gasteiger partial charge in [-0.1, -0.05) is 30.3 Å². The number of benzene rings is 1. The molecule has 1 amide bonds. The van der Waals surface area contributed by atoms with Crippen LogP contribution in [0.15, 0.2) is 35.3 Å². The number of nitrogens with zero attached hydrogens (tertiary/aromatic N) is 3. The van der Waals surface area contributed by atoms with Crippen molar-refractivity contribution in [2.45, 2.75) is 26.5 Å². The summed E-state index contributed by atoms with van der Waals surface area (Å²) >= 11 is 0. The zero-order chi connectivity index (χ0) is 19.5. The minimum atomic E-state index is 0.0940. The third-order valence-electron chi connectivity index (χ3n) is 4.34. The molecule has 7 nitrogen and oxygen atoms in total. The maximum Gasteiger partial charge on any atom is 0.234 e. The average molecular weight is 376 g/mol. The number of rotatable bonds is 8. The van der Waals surface area contributed by atoms with E-state index in [1.54, 1.807) is 7.05 Å². The second-order valence-corrected chi connectivity index (χ2v) is 7.00. The van der Waals surface area contributed by atoms with Gasteiger partial charge in [0.1, 0.15) is 0 Å². The van der Waals surface area contributed by atoms with Gasteiger partial charge in [0.05, 0.1) is 19.8 Å². The van der Waals surface area contributed by atoms with E-state index in [2.05, 4.69) is 37.6 Å². The van der Waals surface area contributed by atoms with Crippen LogP contribution >= 0.6 is 0 Å². The zero-order valence-electron chi connectivity index (χ0n) is 16.8. The van der Waals surface area contributed by atoms with E-state index in [0.717, 1.165) is 38.7 Å². The standard InChI is InChI=1S/C20H33N5O2/c1-17(2)23-19(26)15-24-10-12-25(13-11-24)20(21-3)22-9-14-27-16-18-7-5-4-6-8-18/h4-8,17H,9-16H2,1-3H3,(H,21,22)(H,23,26). The first kappa shape index (κ1) is 21.2. The van der Waals surface area contributed by atoms with E-state index in [0.29, 0.717) is 19.8 Å². The number of hydrogen-bond acceptors (Lipinski definition) is 4. The van der Waals surface area contributed by atoms with Gasteiger partial charge in [-0.15, -0.1) is 0 Å². The maximum absolute atomic E-state index is 11.9. The molecule has 0 spiro atoms. The quantitative estimate of drug-likeness (QED) is 0.402. The first-order valence-corrected chi connectivity index (χ1v) is 9.67. The van der Waals surface area contributed by atoms with E-state index in [9.17, 15) is 4.79 Å². The Morgan fingerprint density at radius 2 is 1.89 bits per heavy atom. The topological polar surface area (TPSA) is 69.2 Å². The molecule has 2 N–H and O–H groups in total. The predicted molar refractivity (Wildman–Crippen MR) is 109 cm³/mol. The van der Waals surface area contributed by atoms with Crippen molar-refractivity contribution in [3.63, 3.8) is 0 Å². The average Bonchev–Trinajstić information content (AvgIpc) is 2.66. The Kier molecular flexibility index (Phi) is 9.07. The fourth-order valence-corrected chi connectivity index (χ4v) is 3.02. The molecule has 1 fully saturated rings. The number of nitrogens with one attached hydrogen (secondary N) is 2. The lowest BCUT2D eigenvalue weighted by molar-refractivity contribution is -0.123. The lowest BCUT2D eigenvalue weighted by atomic mass is 10.2. The maximum atomic E-state index is 11.9. The molecule has 1 aliphatic heterocycles. The highest BCUT2D eigenvalue weighted by Gasteiger charge is 2.21. The number of amides is 1. The molecule has 1 aromatic rings. The van der Waals surface area contributed by atoms with Gasteiger partial charge >= 0.3 is 0 Å². The van der Waals surface area contributed by atoms with E-state index in [4.69, 9.17) is 4.74 Å². The molecular formula is C20H33N5O2. The van der Waals surface area contributed by atoms with E-state index < -0.39 is 0 Å². The van der Waals surface area contributed by atoms with Crippen molar-refractivity contribution in [1.82, 2.24) is 20.4 Å². The molecule has 0 unspecified atom stereocenters. The third-order valence-corrected chi connectivity index (χ3v) is 4.34. The molecule has 0 aromatic heterocycles. The molecule has 1 heterocycles. The van der Waals surface area contributed by atoms with Crippen LogP contribution in [0.1, 0.15) is 19.4 Å². The highest BCUT2D eigenvalue weighted by Crippen LogP contribution is 2.03. The second-order valence-electron chi connectivity index (χ2n) is 7.00.